The van der Waals surface area contributed by atoms with Crippen LogP contribution in [0.2, 0.25) is 0 Å². The van der Waals surface area contributed by atoms with Crippen LogP contribution in [0, 0.1) is 0 Å². The third-order valence-electron chi connectivity index (χ3n) is 4.42. The van der Waals surface area contributed by atoms with Gasteiger partial charge >= 0.3 is 6.03 Å². The SMILES string of the molecule is CCc1nnc(NC(=O)CN2C(=O)NC(C)(CCc3ccccc3)C2=O)s1. The monoisotopic (exact) mass is 387 g/mol. The Morgan fingerprint density at radius 1 is 1.26 bits per heavy atom. The summed E-state index contributed by atoms with van der Waals surface area (Å²) >= 11 is 1.27. The van der Waals surface area contributed by atoms with E-state index in [2.05, 4.69) is 20.8 Å². The number of nitrogens with zero attached hydrogens (tertiary/aromatic N) is 3. The van der Waals surface area contributed by atoms with Crippen LogP contribution in [0.25, 0.3) is 0 Å². The van der Waals surface area contributed by atoms with Gasteiger partial charge in [-0.2, -0.15) is 0 Å². The van der Waals surface area contributed by atoms with Crippen LogP contribution in [0.5, 0.6) is 0 Å². The summed E-state index contributed by atoms with van der Waals surface area (Å²) in [6.45, 7) is 3.27. The van der Waals surface area contributed by atoms with Crippen LogP contribution in [0.1, 0.15) is 30.8 Å². The molecule has 1 saturated heterocycles. The summed E-state index contributed by atoms with van der Waals surface area (Å²) < 4.78 is 0. The van der Waals surface area contributed by atoms with E-state index in [1.165, 1.54) is 11.3 Å². The van der Waals surface area contributed by atoms with Crippen LogP contribution >= 0.6 is 11.3 Å². The van der Waals surface area contributed by atoms with E-state index >= 15 is 0 Å². The molecule has 2 N–H and O–H groups in total. The van der Waals surface area contributed by atoms with Crippen LogP contribution in [-0.2, 0) is 22.4 Å². The van der Waals surface area contributed by atoms with Crippen molar-refractivity contribution in [2.45, 2.75) is 38.6 Å². The topological polar surface area (TPSA) is 104 Å². The Morgan fingerprint density at radius 2 is 2.00 bits per heavy atom. The number of hydrogen-bond donors (Lipinski definition) is 2. The first kappa shape index (κ1) is 19.0. The second-order valence-corrected chi connectivity index (χ2v) is 7.60. The lowest BCUT2D eigenvalue weighted by atomic mass is 9.93. The molecular weight excluding hydrogens is 366 g/mol. The zero-order valence-electron chi connectivity index (χ0n) is 15.2. The van der Waals surface area contributed by atoms with Crippen molar-refractivity contribution in [3.63, 3.8) is 0 Å². The zero-order valence-corrected chi connectivity index (χ0v) is 16.0. The average molecular weight is 387 g/mol. The Hall–Kier alpha value is -2.81. The van der Waals surface area contributed by atoms with E-state index < -0.39 is 23.4 Å². The number of hydrogen-bond acceptors (Lipinski definition) is 6. The molecule has 1 atom stereocenters. The number of rotatable bonds is 7. The molecule has 3 rings (SSSR count). The molecule has 1 aromatic carbocycles. The van der Waals surface area contributed by atoms with Crippen molar-refractivity contribution in [3.05, 3.63) is 40.9 Å². The third-order valence-corrected chi connectivity index (χ3v) is 5.40. The lowest BCUT2D eigenvalue weighted by Crippen LogP contribution is -2.45. The largest absolute Gasteiger partial charge is 0.325 e. The van der Waals surface area contributed by atoms with Gasteiger partial charge in [0, 0.05) is 0 Å². The van der Waals surface area contributed by atoms with E-state index in [1.54, 1.807) is 6.92 Å². The van der Waals surface area contributed by atoms with Crippen molar-refractivity contribution < 1.29 is 14.4 Å². The number of urea groups is 1. The maximum Gasteiger partial charge on any atom is 0.325 e. The molecule has 8 nitrogen and oxygen atoms in total. The highest BCUT2D eigenvalue weighted by Crippen LogP contribution is 2.23. The molecule has 1 aliphatic heterocycles. The van der Waals surface area contributed by atoms with Crippen LogP contribution in [-0.4, -0.2) is 45.0 Å². The van der Waals surface area contributed by atoms with Crippen LogP contribution in [0.4, 0.5) is 9.93 Å². The predicted octanol–water partition coefficient (Wildman–Crippen LogP) is 1.98. The molecule has 1 aromatic heterocycles. The van der Waals surface area contributed by atoms with E-state index in [4.69, 9.17) is 0 Å². The fourth-order valence-electron chi connectivity index (χ4n) is 2.85. The summed E-state index contributed by atoms with van der Waals surface area (Å²) in [6, 6.07) is 9.18. The molecule has 2 aromatic rings. The number of imide groups is 1. The molecule has 0 aliphatic carbocycles. The van der Waals surface area contributed by atoms with Gasteiger partial charge in [0.25, 0.3) is 5.91 Å². The highest BCUT2D eigenvalue weighted by Gasteiger charge is 2.47. The Bertz CT molecular complexity index is 854. The standard InChI is InChI=1S/C18H21N5O3S/c1-3-14-21-22-16(27-14)19-13(24)11-23-15(25)18(2,20-17(23)26)10-9-12-7-5-4-6-8-12/h4-8H,3,9-11H2,1-2H3,(H,20,26)(H,19,22,24). The molecule has 1 unspecified atom stereocenters. The normalized spacial score (nSPS) is 19.3. The minimum absolute atomic E-state index is 0.355. The number of benzene rings is 1. The minimum atomic E-state index is -1.02. The number of carbonyl (C=O) groups is 3. The Balaban J connectivity index is 1.60. The zero-order chi connectivity index (χ0) is 19.4. The molecule has 1 aliphatic rings. The number of carbonyl (C=O) groups excluding carboxylic acids is 3. The van der Waals surface area contributed by atoms with Gasteiger partial charge in [0.1, 0.15) is 17.1 Å². The summed E-state index contributed by atoms with van der Waals surface area (Å²) in [7, 11) is 0. The maximum atomic E-state index is 12.7. The van der Waals surface area contributed by atoms with Gasteiger partial charge in [-0.15, -0.1) is 10.2 Å². The molecule has 4 amide bonds. The smallest absolute Gasteiger partial charge is 0.323 e. The Labute approximate surface area is 161 Å². The molecule has 1 fully saturated rings. The molecule has 2 heterocycles. The summed E-state index contributed by atoms with van der Waals surface area (Å²) in [5.74, 6) is -0.880. The molecule has 0 spiro atoms. The lowest BCUT2D eigenvalue weighted by molar-refractivity contribution is -0.133. The fraction of sp³-hybridized carbons (Fsp3) is 0.389. The molecule has 0 radical (unpaired) electrons. The van der Waals surface area contributed by atoms with Crippen LogP contribution < -0.4 is 10.6 Å². The van der Waals surface area contributed by atoms with E-state index in [-0.39, 0.29) is 6.54 Å². The summed E-state index contributed by atoms with van der Waals surface area (Å²) in [4.78, 5) is 38.1. The number of anilines is 1. The minimum Gasteiger partial charge on any atom is -0.323 e. The van der Waals surface area contributed by atoms with Gasteiger partial charge in [0.05, 0.1) is 0 Å². The average Bonchev–Trinajstić information content (AvgIpc) is 3.19. The van der Waals surface area contributed by atoms with Gasteiger partial charge in [-0.3, -0.25) is 19.8 Å². The van der Waals surface area contributed by atoms with Gasteiger partial charge in [-0.25, -0.2) is 4.79 Å². The molecular formula is C18H21N5O3S. The number of aryl methyl sites for hydroxylation is 2. The van der Waals surface area contributed by atoms with Crippen molar-refractivity contribution >= 4 is 34.3 Å². The highest BCUT2D eigenvalue weighted by molar-refractivity contribution is 7.15. The molecule has 9 heteroatoms. The molecule has 142 valence electrons. The van der Waals surface area contributed by atoms with Gasteiger partial charge in [-0.1, -0.05) is 48.6 Å². The summed E-state index contributed by atoms with van der Waals surface area (Å²) in [5.41, 5.74) is 0.0608. The second kappa shape index (κ2) is 7.83. The summed E-state index contributed by atoms with van der Waals surface area (Å²) in [5, 5.41) is 14.2. The van der Waals surface area contributed by atoms with Crippen LogP contribution in [0.3, 0.4) is 0 Å². The van der Waals surface area contributed by atoms with Gasteiger partial charge in [0.2, 0.25) is 11.0 Å². The lowest BCUT2D eigenvalue weighted by Gasteiger charge is -2.21. The quantitative estimate of drug-likeness (QED) is 0.707. The van der Waals surface area contributed by atoms with Gasteiger partial charge < -0.3 is 5.32 Å². The Kier molecular flexibility index (Phi) is 5.50. The van der Waals surface area contributed by atoms with Crippen molar-refractivity contribution in [1.29, 1.82) is 0 Å². The second-order valence-electron chi connectivity index (χ2n) is 6.54. The first-order valence-electron chi connectivity index (χ1n) is 8.71. The van der Waals surface area contributed by atoms with Crippen molar-refractivity contribution in [2.75, 3.05) is 11.9 Å². The first-order valence-corrected chi connectivity index (χ1v) is 9.53. The van der Waals surface area contributed by atoms with Gasteiger partial charge in [-0.05, 0) is 31.7 Å². The number of nitrogens with one attached hydrogen (secondary N) is 2. The van der Waals surface area contributed by atoms with E-state index in [1.807, 2.05) is 37.3 Å². The first-order chi connectivity index (χ1) is 12.9. The Morgan fingerprint density at radius 3 is 2.67 bits per heavy atom. The maximum absolute atomic E-state index is 12.7. The van der Waals surface area contributed by atoms with E-state index in [0.29, 0.717) is 18.0 Å². The van der Waals surface area contributed by atoms with Crippen molar-refractivity contribution in [1.82, 2.24) is 20.4 Å². The third kappa shape index (κ3) is 4.30. The van der Waals surface area contributed by atoms with Gasteiger partial charge in [0.15, 0.2) is 0 Å². The molecule has 0 bridgehead atoms. The number of amides is 4. The van der Waals surface area contributed by atoms with Crippen molar-refractivity contribution in [2.24, 2.45) is 0 Å². The predicted molar refractivity (Wildman–Crippen MR) is 101 cm³/mol. The number of aromatic nitrogens is 2. The van der Waals surface area contributed by atoms with Crippen LogP contribution in [0.15, 0.2) is 30.3 Å². The molecule has 27 heavy (non-hydrogen) atoms. The summed E-state index contributed by atoms with van der Waals surface area (Å²) in [6.07, 6.45) is 1.82. The van der Waals surface area contributed by atoms with E-state index in [9.17, 15) is 14.4 Å². The van der Waals surface area contributed by atoms with E-state index in [0.717, 1.165) is 21.9 Å². The molecule has 0 saturated carbocycles. The highest BCUT2D eigenvalue weighted by atomic mass is 32.1. The fourth-order valence-corrected chi connectivity index (χ4v) is 3.54. The van der Waals surface area contributed by atoms with Crippen molar-refractivity contribution in [3.8, 4) is 0 Å².